The maximum Gasteiger partial charge on any atom is 0.344 e. The van der Waals surface area contributed by atoms with E-state index in [4.69, 9.17) is 52.1 Å². The van der Waals surface area contributed by atoms with Crippen molar-refractivity contribution < 1.29 is 238 Å². The van der Waals surface area contributed by atoms with Crippen LogP contribution in [0.25, 0.3) is 55.6 Å². The Bertz CT molecular complexity index is 6510. The van der Waals surface area contributed by atoms with Crippen LogP contribution in [0, 0.1) is 0 Å². The van der Waals surface area contributed by atoms with Gasteiger partial charge in [-0.15, -0.1) is 0 Å². The fourth-order valence-electron chi connectivity index (χ4n) is 15.3. The molecule has 6 bridgehead atoms. The second kappa shape index (κ2) is 27.8. The second-order valence-corrected chi connectivity index (χ2v) is 27.8. The molecule has 8 heterocycles. The van der Waals surface area contributed by atoms with Crippen LogP contribution in [0.2, 0.25) is 0 Å². The van der Waals surface area contributed by atoms with Crippen LogP contribution in [-0.2, 0) is 52.1 Å². The molecule has 8 aliphatic rings. The number of carbonyl (C=O) groups excluding carboxylic acids is 10. The van der Waals surface area contributed by atoms with Crippen LogP contribution >= 0.6 is 0 Å². The van der Waals surface area contributed by atoms with Crippen molar-refractivity contribution in [3.63, 3.8) is 0 Å². The minimum Gasteiger partial charge on any atom is -0.504 e. The number of esters is 10. The zero-order valence-electron chi connectivity index (χ0n) is 60.4. The van der Waals surface area contributed by atoms with Gasteiger partial charge in [-0.25, -0.2) is 47.9 Å². The highest BCUT2D eigenvalue weighted by Crippen LogP contribution is 2.64. The van der Waals surface area contributed by atoms with Crippen molar-refractivity contribution >= 4 is 59.7 Å². The Morgan fingerprint density at radius 2 is 0.516 bits per heavy atom. The third-order valence-electron chi connectivity index (χ3n) is 21.0. The number of ether oxygens (including phenoxy) is 11. The molecule has 9 aromatic rings. The predicted octanol–water partition coefficient (Wildman–Crippen LogP) is 2.46. The molecule has 124 heavy (non-hydrogen) atoms. The van der Waals surface area contributed by atoms with E-state index < -0.39 is 400 Å². The summed E-state index contributed by atoms with van der Waals surface area (Å²) in [6.07, 6.45) is -30.1. The normalized spacial score (nSPS) is 21.2. The van der Waals surface area contributed by atoms with E-state index in [2.05, 4.69) is 0 Å². The molecule has 27 N–H and O–H groups in total. The molecule has 48 heteroatoms. The number of hydrogen-bond donors (Lipinski definition) is 27. The largest absolute Gasteiger partial charge is 0.504 e. The van der Waals surface area contributed by atoms with Crippen molar-refractivity contribution in [2.24, 2.45) is 0 Å². The fraction of sp³-hybridized carbons (Fsp3) is 0.158. The van der Waals surface area contributed by atoms with Gasteiger partial charge in [-0.1, -0.05) is 0 Å². The van der Waals surface area contributed by atoms with Crippen LogP contribution in [0.3, 0.4) is 0 Å². The SMILES string of the molecule is O=C(OC1OC2COC(=O)c3cc(O)c(O)c(O)c3-c3c(cc(O)c(O)c3O)C(=O)OC2C2OC(=O)c3cc(O)c(O)c(O)c3-c3c(cc(O)c(O)c3O)C(=O)OC12)c1cc2c(c(O)c1O)-c1c(cc(O)c(O)c1O)C(=O)OCC1OC(=O)c3cc(O)c(O)c(O)c3-c3c(O)c(O)c(O)c4c3C(=O)OC(C1OC2=O)C1OC(=O)c2c-4c(O)c(O)c(O)c2C1O. The Balaban J connectivity index is 0.904. The first-order valence-corrected chi connectivity index (χ1v) is 34.7. The van der Waals surface area contributed by atoms with Gasteiger partial charge in [-0.3, -0.25) is 0 Å². The average molecular weight is 1730 g/mol. The Kier molecular flexibility index (Phi) is 18.0. The lowest BCUT2D eigenvalue weighted by molar-refractivity contribution is -0.282. The van der Waals surface area contributed by atoms with Gasteiger partial charge in [0.15, 0.2) is 140 Å². The first kappa shape index (κ1) is 80.2. The minimum absolute atomic E-state index is 0.0227. The van der Waals surface area contributed by atoms with E-state index in [1.807, 2.05) is 0 Å². The first-order chi connectivity index (χ1) is 58.4. The molecule has 9 aromatic carbocycles. The zero-order valence-corrected chi connectivity index (χ0v) is 60.4. The molecule has 0 aromatic heterocycles. The van der Waals surface area contributed by atoms with Crippen LogP contribution in [0.15, 0.2) is 42.5 Å². The van der Waals surface area contributed by atoms with E-state index in [1.165, 1.54) is 0 Å². The van der Waals surface area contributed by atoms with E-state index >= 15 is 33.6 Å². The summed E-state index contributed by atoms with van der Waals surface area (Å²) in [5.41, 5.74) is -30.6. The molecule has 1 saturated heterocycles. The quantitative estimate of drug-likeness (QED) is 0.0671. The number of aromatic hydroxyl groups is 26. The second-order valence-electron chi connectivity index (χ2n) is 27.8. The van der Waals surface area contributed by atoms with Gasteiger partial charge in [0.05, 0.1) is 50.1 Å². The van der Waals surface area contributed by atoms with Crippen molar-refractivity contribution in [2.75, 3.05) is 13.2 Å². The molecule has 0 radical (unpaired) electrons. The fourth-order valence-corrected chi connectivity index (χ4v) is 15.3. The number of hydrogen-bond acceptors (Lipinski definition) is 48. The molecule has 48 nitrogen and oxygen atoms in total. The standard InChI is InChI=1S/C76H48O48/c77-18-2-11-27(47(91)40(18)84)26-10(69(107)118-60-24(8-114-66(11)104)116-68(106)16-7-23(82)45(89)52(96)32(16)33-36-34(54(98)58(102)53(33)97)35-37-38(56(100)59(103)55(35)99)57(101)62(120-75(37)113)63(60)122-74(36)112)1-17(39(83)46(26)90)73(111)124-76-65-64(121-71(109)14-5-21(80)43(87)50(94)30(14)31-15(72(110)123-65)6-22(81)44(88)51(31)95)61-25(117-76)9-115-67(105)12-3-19(78)41(85)48(92)28(12)29-13(70(108)119-61)4-20(79)42(86)49(29)93/h1-7,24-25,57,60-65,76-103H,8-9H2. The van der Waals surface area contributed by atoms with Gasteiger partial charge in [-0.05, 0) is 42.5 Å². The number of phenols is 26. The van der Waals surface area contributed by atoms with Gasteiger partial charge in [0.25, 0.3) is 0 Å². The Morgan fingerprint density at radius 3 is 0.919 bits per heavy atom. The Morgan fingerprint density at radius 1 is 0.250 bits per heavy atom. The number of rotatable bonds is 2. The average Bonchev–Trinajstić information content (AvgIpc) is 0.832. The third-order valence-corrected chi connectivity index (χ3v) is 21.0. The number of carbonyl (C=O) groups is 10. The lowest BCUT2D eigenvalue weighted by Crippen LogP contribution is -2.63. The lowest BCUT2D eigenvalue weighted by Gasteiger charge is -2.44. The zero-order chi connectivity index (χ0) is 89.8. The van der Waals surface area contributed by atoms with Gasteiger partial charge in [0.1, 0.15) is 31.0 Å². The number of phenolic OH excluding ortho intramolecular Hbond substituents is 26. The summed E-state index contributed by atoms with van der Waals surface area (Å²) in [5, 5.41) is 308. The van der Waals surface area contributed by atoms with Gasteiger partial charge in [0.2, 0.25) is 58.4 Å². The van der Waals surface area contributed by atoms with Crippen LogP contribution in [0.1, 0.15) is 115 Å². The molecule has 0 spiro atoms. The van der Waals surface area contributed by atoms with Gasteiger partial charge in [-0.2, -0.15) is 0 Å². The maximum absolute atomic E-state index is 16.1. The summed E-state index contributed by atoms with van der Waals surface area (Å²) in [7, 11) is 0. The predicted molar refractivity (Wildman–Crippen MR) is 380 cm³/mol. The number of fused-ring (bicyclic) bond motifs is 16. The highest BCUT2D eigenvalue weighted by atomic mass is 16.8. The molecule has 10 atom stereocenters. The van der Waals surface area contributed by atoms with Crippen molar-refractivity contribution in [3.8, 4) is 205 Å². The van der Waals surface area contributed by atoms with Crippen molar-refractivity contribution in [2.45, 2.75) is 61.2 Å². The summed E-state index contributed by atoms with van der Waals surface area (Å²) in [6, 6.07) is 1.35. The smallest absolute Gasteiger partial charge is 0.344 e. The summed E-state index contributed by atoms with van der Waals surface area (Å²) >= 11 is 0. The van der Waals surface area contributed by atoms with Gasteiger partial charge in [0, 0.05) is 61.2 Å². The number of aliphatic hydroxyl groups excluding tert-OH is 1. The van der Waals surface area contributed by atoms with E-state index in [1.54, 1.807) is 0 Å². The van der Waals surface area contributed by atoms with Crippen LogP contribution in [0.5, 0.6) is 149 Å². The van der Waals surface area contributed by atoms with Crippen molar-refractivity contribution in [3.05, 3.63) is 104 Å². The summed E-state index contributed by atoms with van der Waals surface area (Å²) in [6.45, 7) is -3.45. The third kappa shape index (κ3) is 11.4. The Labute approximate surface area is 678 Å². The summed E-state index contributed by atoms with van der Waals surface area (Å²) in [5.74, 6) is -65.2. The minimum atomic E-state index is -3.23. The Hall–Kier alpha value is -17.6. The van der Waals surface area contributed by atoms with E-state index in [-0.39, 0.29) is 36.4 Å². The first-order valence-electron chi connectivity index (χ1n) is 34.7. The molecule has 0 aliphatic carbocycles. The molecule has 10 unspecified atom stereocenters. The van der Waals surface area contributed by atoms with Crippen LogP contribution in [-0.4, -0.2) is 266 Å². The molecule has 1 fully saturated rings. The van der Waals surface area contributed by atoms with E-state index in [0.29, 0.717) is 6.07 Å². The molecular formula is C76H48O48. The number of benzene rings is 9. The van der Waals surface area contributed by atoms with Crippen LogP contribution in [0.4, 0.5) is 0 Å². The van der Waals surface area contributed by atoms with E-state index in [9.17, 15) is 152 Å². The molecule has 0 amide bonds. The highest BCUT2D eigenvalue weighted by molar-refractivity contribution is 6.18. The van der Waals surface area contributed by atoms with E-state index in [0.717, 1.165) is 0 Å². The molecule has 17 rings (SSSR count). The summed E-state index contributed by atoms with van der Waals surface area (Å²) in [4.78, 5) is 153. The highest BCUT2D eigenvalue weighted by Gasteiger charge is 2.59. The maximum atomic E-state index is 16.1. The van der Waals surface area contributed by atoms with Gasteiger partial charge >= 0.3 is 59.7 Å². The van der Waals surface area contributed by atoms with Crippen molar-refractivity contribution in [1.82, 2.24) is 0 Å². The molecule has 8 aliphatic heterocycles. The molecule has 640 valence electrons. The van der Waals surface area contributed by atoms with Crippen LogP contribution < -0.4 is 0 Å². The molecule has 0 saturated carbocycles. The number of cyclic esters (lactones) is 2. The van der Waals surface area contributed by atoms with Crippen molar-refractivity contribution in [1.29, 1.82) is 0 Å². The lowest BCUT2D eigenvalue weighted by atomic mass is 9.80. The monoisotopic (exact) mass is 1730 g/mol. The summed E-state index contributed by atoms with van der Waals surface area (Å²) < 4.78 is 63.1. The van der Waals surface area contributed by atoms with Gasteiger partial charge < -0.3 is 190 Å². The molecular weight excluding hydrogens is 1680 g/mol. The topological polar surface area (TPSA) is 818 Å². The number of aliphatic hydroxyl groups is 1.